The number of carbonyl (C=O) groups excluding carboxylic acids is 2. The highest BCUT2D eigenvalue weighted by Crippen LogP contribution is 2.24. The van der Waals surface area contributed by atoms with Crippen molar-refractivity contribution < 1.29 is 33.1 Å². The summed E-state index contributed by atoms with van der Waals surface area (Å²) in [5.74, 6) is -1.19. The van der Waals surface area contributed by atoms with Gasteiger partial charge in [0.2, 0.25) is 0 Å². The van der Waals surface area contributed by atoms with Gasteiger partial charge < -0.3 is 5.73 Å². The molecule has 0 bridgehead atoms. The molecule has 0 saturated carbocycles. The average Bonchev–Trinajstić information content (AvgIpc) is 3.93. The zero-order valence-electron chi connectivity index (χ0n) is 37.4. The molecule has 2 heterocycles. The first-order valence-corrected chi connectivity index (χ1v) is 19.8. The molecule has 8 rings (SSSR count). The number of halogens is 2. The molecule has 6 aromatic carbocycles. The molecule has 0 aliphatic rings. The normalized spacial score (nSPS) is 9.91. The third kappa shape index (κ3) is 15.4. The number of H-pyrrole nitrogens is 2. The molecule has 0 spiro atoms. The fourth-order valence-corrected chi connectivity index (χ4v) is 5.70. The SMILES string of the molecule is Cc1cc(F)c(C=O)cc1[N+](=O)[O-].Cc1cc2[nH]ncc2cc1[N+](=O)[O-].Cc1ccc(C)c(N)c1.Cc1ccc(C)c([N+](=O)[O-])c1.Cc1ccc(C=O)c(F)c1.Cc1ccc2cn[nH]c2c1. The molecule has 66 heavy (non-hydrogen) atoms. The fraction of sp³-hybridized carbons (Fsp3) is 0.167. The summed E-state index contributed by atoms with van der Waals surface area (Å²) >= 11 is 0. The van der Waals surface area contributed by atoms with Gasteiger partial charge in [-0.1, -0.05) is 42.5 Å². The molecule has 0 saturated heterocycles. The number of nitrogen functional groups attached to an aromatic ring is 1. The van der Waals surface area contributed by atoms with Crippen LogP contribution in [0.2, 0.25) is 0 Å². The lowest BCUT2D eigenvalue weighted by Crippen LogP contribution is -1.96. The van der Waals surface area contributed by atoms with Crippen LogP contribution in [0, 0.1) is 97.4 Å². The number of hydrogen-bond donors (Lipinski definition) is 3. The lowest BCUT2D eigenvalue weighted by Gasteiger charge is -1.98. The largest absolute Gasteiger partial charge is 0.399 e. The summed E-state index contributed by atoms with van der Waals surface area (Å²) in [6, 6.07) is 27.2. The number of nitro benzene ring substituents is 3. The molecule has 2 aromatic heterocycles. The molecule has 0 radical (unpaired) electrons. The molecular weight excluding hydrogens is 855 g/mol. The van der Waals surface area contributed by atoms with E-state index in [0.717, 1.165) is 50.9 Å². The number of aldehydes is 2. The quantitative estimate of drug-likeness (QED) is 0.0634. The Bertz CT molecular complexity index is 3000. The van der Waals surface area contributed by atoms with Gasteiger partial charge in [0.1, 0.15) is 11.6 Å². The molecule has 4 N–H and O–H groups in total. The van der Waals surface area contributed by atoms with Crippen LogP contribution in [-0.2, 0) is 0 Å². The van der Waals surface area contributed by atoms with Crippen LogP contribution in [0.15, 0.2) is 109 Å². The molecule has 18 heteroatoms. The van der Waals surface area contributed by atoms with Crippen molar-refractivity contribution in [1.29, 1.82) is 0 Å². The summed E-state index contributed by atoms with van der Waals surface area (Å²) in [7, 11) is 0. The summed E-state index contributed by atoms with van der Waals surface area (Å²) in [5.41, 5.74) is 15.3. The summed E-state index contributed by atoms with van der Waals surface area (Å²) in [6.07, 6.45) is 4.16. The predicted octanol–water partition coefficient (Wildman–Crippen LogP) is 11.5. The van der Waals surface area contributed by atoms with Gasteiger partial charge in [-0.25, -0.2) is 8.78 Å². The number of hydrogen-bond acceptors (Lipinski definition) is 11. The van der Waals surface area contributed by atoms with E-state index in [0.29, 0.717) is 17.4 Å². The first-order chi connectivity index (χ1) is 31.1. The van der Waals surface area contributed by atoms with E-state index in [1.54, 1.807) is 51.2 Å². The van der Waals surface area contributed by atoms with Crippen LogP contribution in [-0.4, -0.2) is 47.7 Å². The third-order valence-corrected chi connectivity index (χ3v) is 9.47. The number of aryl methyl sites for hydroxylation is 8. The zero-order chi connectivity index (χ0) is 49.2. The first kappa shape index (κ1) is 51.8. The Kier molecular flexibility index (Phi) is 19.1. The highest BCUT2D eigenvalue weighted by molar-refractivity contribution is 5.82. The van der Waals surface area contributed by atoms with E-state index in [-0.39, 0.29) is 49.9 Å². The number of fused-ring (bicyclic) bond motifs is 2. The van der Waals surface area contributed by atoms with E-state index in [1.165, 1.54) is 41.6 Å². The van der Waals surface area contributed by atoms with Gasteiger partial charge in [0.05, 0.1) is 49.3 Å². The molecule has 342 valence electrons. The van der Waals surface area contributed by atoms with Crippen LogP contribution in [0.3, 0.4) is 0 Å². The van der Waals surface area contributed by atoms with Gasteiger partial charge in [-0.2, -0.15) is 10.2 Å². The number of aromatic nitrogens is 4. The van der Waals surface area contributed by atoms with Gasteiger partial charge in [0.15, 0.2) is 12.6 Å². The molecule has 0 atom stereocenters. The van der Waals surface area contributed by atoms with Crippen LogP contribution in [0.25, 0.3) is 21.8 Å². The van der Waals surface area contributed by atoms with E-state index in [2.05, 4.69) is 51.6 Å². The summed E-state index contributed by atoms with van der Waals surface area (Å²) in [4.78, 5) is 50.3. The number of carbonyl (C=O) groups is 2. The first-order valence-electron chi connectivity index (χ1n) is 19.8. The van der Waals surface area contributed by atoms with E-state index < -0.39 is 16.6 Å². The number of nitrogens with one attached hydrogen (secondary N) is 2. The van der Waals surface area contributed by atoms with Crippen LogP contribution >= 0.6 is 0 Å². The van der Waals surface area contributed by atoms with Gasteiger partial charge >= 0.3 is 0 Å². The van der Waals surface area contributed by atoms with Crippen molar-refractivity contribution in [3.05, 3.63) is 207 Å². The summed E-state index contributed by atoms with van der Waals surface area (Å²) < 4.78 is 25.5. The fourth-order valence-electron chi connectivity index (χ4n) is 5.70. The van der Waals surface area contributed by atoms with E-state index in [4.69, 9.17) is 5.73 Å². The van der Waals surface area contributed by atoms with Crippen LogP contribution in [0.5, 0.6) is 0 Å². The maximum Gasteiger partial charge on any atom is 0.273 e. The second-order valence-electron chi connectivity index (χ2n) is 14.9. The number of nitrogens with zero attached hydrogens (tertiary/aromatic N) is 5. The lowest BCUT2D eigenvalue weighted by atomic mass is 10.1. The number of nitrogens with two attached hydrogens (primary N) is 1. The van der Waals surface area contributed by atoms with Crippen molar-refractivity contribution in [3.8, 4) is 0 Å². The van der Waals surface area contributed by atoms with Gasteiger partial charge in [0.25, 0.3) is 17.1 Å². The number of aromatic amines is 2. The molecule has 0 aliphatic carbocycles. The Hall–Kier alpha value is -8.54. The number of rotatable bonds is 5. The summed E-state index contributed by atoms with van der Waals surface area (Å²) in [6.45, 7) is 14.6. The summed E-state index contributed by atoms with van der Waals surface area (Å²) in [5, 5.41) is 46.6. The lowest BCUT2D eigenvalue weighted by molar-refractivity contribution is -0.385. The van der Waals surface area contributed by atoms with Crippen molar-refractivity contribution in [3.63, 3.8) is 0 Å². The monoisotopic (exact) mass is 902 g/mol. The Morgan fingerprint density at radius 1 is 0.485 bits per heavy atom. The van der Waals surface area contributed by atoms with Crippen LogP contribution in [0.1, 0.15) is 65.2 Å². The minimum atomic E-state index is -0.738. The number of benzene rings is 6. The number of nitro groups is 3. The van der Waals surface area contributed by atoms with Crippen molar-refractivity contribution in [2.75, 3.05) is 5.73 Å². The van der Waals surface area contributed by atoms with Crippen molar-refractivity contribution in [2.45, 2.75) is 55.4 Å². The standard InChI is InChI=1S/C8H6FNO3.C8H7FO.C8H7N3O2.C8H8N2.C8H9NO2.C8H11N/c1-5-2-7(9)6(4-11)3-8(5)10(12)13;1-6-2-3-7(5-10)8(9)4-6;1-5-2-7-6(4-9-10-7)3-8(5)11(12)13;1-6-2-3-7-5-9-10-8(7)4-6;1-6-3-4-7(2)8(5-6)9(10)11;1-6-3-4-7(2)8(9)5-6/h2-4H,1H3;2-5H,1H3;2-4H,1H3,(H,9,10);2-5H,1H3,(H,9,10);3-5H,1-2H3;3-5H,9H2,1-2H3. The molecule has 0 amide bonds. The number of anilines is 1. The van der Waals surface area contributed by atoms with Crippen molar-refractivity contribution in [1.82, 2.24) is 20.4 Å². The maximum absolute atomic E-state index is 12.8. The molecule has 0 unspecified atom stereocenters. The highest BCUT2D eigenvalue weighted by Gasteiger charge is 2.15. The molecule has 16 nitrogen and oxygen atoms in total. The Labute approximate surface area is 378 Å². The zero-order valence-corrected chi connectivity index (χ0v) is 37.4. The third-order valence-electron chi connectivity index (χ3n) is 9.47. The average molecular weight is 903 g/mol. The predicted molar refractivity (Wildman–Crippen MR) is 251 cm³/mol. The van der Waals surface area contributed by atoms with Crippen LogP contribution < -0.4 is 5.73 Å². The van der Waals surface area contributed by atoms with E-state index in [1.807, 2.05) is 45.2 Å². The van der Waals surface area contributed by atoms with Gasteiger partial charge in [-0.15, -0.1) is 0 Å². The Morgan fingerprint density at radius 2 is 0.924 bits per heavy atom. The minimum absolute atomic E-state index is 0.116. The van der Waals surface area contributed by atoms with E-state index >= 15 is 0 Å². The second-order valence-corrected chi connectivity index (χ2v) is 14.9. The van der Waals surface area contributed by atoms with Gasteiger partial charge in [0, 0.05) is 51.3 Å². The van der Waals surface area contributed by atoms with Crippen molar-refractivity contribution in [2.24, 2.45) is 0 Å². The molecule has 0 fully saturated rings. The van der Waals surface area contributed by atoms with Gasteiger partial charge in [-0.3, -0.25) is 50.1 Å². The maximum atomic E-state index is 12.8. The Balaban J connectivity index is 0.000000211. The van der Waals surface area contributed by atoms with Crippen LogP contribution in [0.4, 0.5) is 31.5 Å². The second kappa shape index (κ2) is 24.3. The smallest absolute Gasteiger partial charge is 0.273 e. The Morgan fingerprint density at radius 3 is 1.45 bits per heavy atom. The molecule has 8 aromatic rings. The van der Waals surface area contributed by atoms with Gasteiger partial charge in [-0.05, 0) is 120 Å². The molecular formula is C48H48F2N8O8. The highest BCUT2D eigenvalue weighted by atomic mass is 19.1. The minimum Gasteiger partial charge on any atom is -0.399 e. The van der Waals surface area contributed by atoms with E-state index in [9.17, 15) is 48.7 Å². The molecule has 0 aliphatic heterocycles. The topological polar surface area (TPSA) is 247 Å². The van der Waals surface area contributed by atoms with Crippen molar-refractivity contribution >= 4 is 57.1 Å².